The molecule has 0 bridgehead atoms. The maximum atomic E-state index is 11.1. The maximum absolute atomic E-state index is 11.1. The van der Waals surface area contributed by atoms with Gasteiger partial charge in [-0.15, -0.1) is 0 Å². The van der Waals surface area contributed by atoms with Gasteiger partial charge in [-0.05, 0) is 49.6 Å². The Balaban J connectivity index is 2.30. The number of allylic oxidation sites excluding steroid dienone is 1. The van der Waals surface area contributed by atoms with Crippen LogP contribution in [-0.2, 0) is 4.79 Å². The van der Waals surface area contributed by atoms with Gasteiger partial charge in [0.1, 0.15) is 17.3 Å². The Labute approximate surface area is 141 Å². The van der Waals surface area contributed by atoms with E-state index in [1.54, 1.807) is 6.20 Å². The van der Waals surface area contributed by atoms with Crippen LogP contribution in [0.25, 0.3) is 11.6 Å². The van der Waals surface area contributed by atoms with Crippen LogP contribution in [0.5, 0.6) is 5.75 Å². The molecule has 0 spiro atoms. The molecule has 2 aromatic rings. The van der Waals surface area contributed by atoms with Crippen molar-refractivity contribution < 1.29 is 9.53 Å². The van der Waals surface area contributed by atoms with Crippen molar-refractivity contribution in [1.29, 1.82) is 0 Å². The smallest absolute Gasteiger partial charge is 0.217 e. The van der Waals surface area contributed by atoms with E-state index in [1.165, 1.54) is 6.20 Å². The Morgan fingerprint density at radius 2 is 1.83 bits per heavy atom. The Morgan fingerprint density at radius 3 is 2.42 bits per heavy atom. The van der Waals surface area contributed by atoms with Gasteiger partial charge in [0, 0.05) is 18.8 Å². The zero-order chi connectivity index (χ0) is 17.5. The van der Waals surface area contributed by atoms with Crippen molar-refractivity contribution in [1.82, 2.24) is 9.97 Å². The Hall–Kier alpha value is -2.89. The fourth-order valence-electron chi connectivity index (χ4n) is 2.23. The van der Waals surface area contributed by atoms with E-state index in [-0.39, 0.29) is 18.4 Å². The van der Waals surface area contributed by atoms with Gasteiger partial charge in [0.2, 0.25) is 5.91 Å². The summed E-state index contributed by atoms with van der Waals surface area (Å²) < 4.78 is 5.63. The van der Waals surface area contributed by atoms with E-state index in [9.17, 15) is 4.79 Å². The van der Waals surface area contributed by atoms with E-state index in [2.05, 4.69) is 9.97 Å². The molecular weight excluding hydrogens is 304 g/mol. The molecule has 0 aliphatic rings. The Kier molecular flexibility index (Phi) is 5.89. The summed E-state index contributed by atoms with van der Waals surface area (Å²) in [5.41, 5.74) is 13.5. The average molecular weight is 326 g/mol. The first-order valence-corrected chi connectivity index (χ1v) is 7.78. The summed E-state index contributed by atoms with van der Waals surface area (Å²) in [6.45, 7) is 3.96. The minimum absolute atomic E-state index is 0.122. The predicted molar refractivity (Wildman–Crippen MR) is 94.9 cm³/mol. The average Bonchev–Trinajstić information content (AvgIpc) is 2.53. The van der Waals surface area contributed by atoms with Crippen LogP contribution in [0.15, 0.2) is 36.7 Å². The number of aromatic nitrogens is 2. The summed E-state index contributed by atoms with van der Waals surface area (Å²) in [5.74, 6) is 0.761. The number of nitrogen functional groups attached to an aromatic ring is 1. The fraction of sp³-hybridized carbons (Fsp3) is 0.278. The second kappa shape index (κ2) is 8.10. The van der Waals surface area contributed by atoms with E-state index in [4.69, 9.17) is 16.2 Å². The van der Waals surface area contributed by atoms with E-state index in [1.807, 2.05) is 44.2 Å². The first-order chi connectivity index (χ1) is 11.5. The molecule has 0 fully saturated rings. The lowest BCUT2D eigenvalue weighted by Crippen LogP contribution is -2.10. The molecule has 2 rings (SSSR count). The number of nitrogens with two attached hydrogens (primary N) is 2. The number of anilines is 1. The number of amides is 1. The molecular formula is C18H22N4O2. The van der Waals surface area contributed by atoms with Crippen molar-refractivity contribution in [3.05, 3.63) is 47.9 Å². The number of carbonyl (C=O) groups excluding carboxylic acids is 1. The van der Waals surface area contributed by atoms with Gasteiger partial charge in [0.25, 0.3) is 0 Å². The highest BCUT2D eigenvalue weighted by Gasteiger charge is 2.10. The van der Waals surface area contributed by atoms with Crippen LogP contribution >= 0.6 is 0 Å². The number of ether oxygens (including phenoxy) is 1. The lowest BCUT2D eigenvalue weighted by Gasteiger charge is -2.10. The van der Waals surface area contributed by atoms with Crippen LogP contribution in [-0.4, -0.2) is 22.0 Å². The summed E-state index contributed by atoms with van der Waals surface area (Å²) in [5, 5.41) is 0. The molecule has 1 amide bonds. The van der Waals surface area contributed by atoms with Gasteiger partial charge in [-0.3, -0.25) is 9.78 Å². The molecule has 1 aromatic heterocycles. The number of carbonyl (C=O) groups is 1. The highest BCUT2D eigenvalue weighted by Crippen LogP contribution is 2.25. The van der Waals surface area contributed by atoms with E-state index in [0.29, 0.717) is 17.9 Å². The van der Waals surface area contributed by atoms with E-state index in [0.717, 1.165) is 16.9 Å². The third-order valence-corrected chi connectivity index (χ3v) is 3.26. The Bertz CT molecular complexity index is 724. The molecule has 0 unspecified atom stereocenters. The Morgan fingerprint density at radius 1 is 1.17 bits per heavy atom. The summed E-state index contributed by atoms with van der Waals surface area (Å²) in [7, 11) is 0. The monoisotopic (exact) mass is 326 g/mol. The topological polar surface area (TPSA) is 104 Å². The molecule has 0 radical (unpaired) electrons. The zero-order valence-electron chi connectivity index (χ0n) is 13.9. The summed E-state index contributed by atoms with van der Waals surface area (Å²) >= 11 is 0. The van der Waals surface area contributed by atoms with Crippen LogP contribution in [0.2, 0.25) is 0 Å². The van der Waals surface area contributed by atoms with Crippen molar-refractivity contribution in [2.24, 2.45) is 5.73 Å². The number of hydrogen-bond acceptors (Lipinski definition) is 5. The van der Waals surface area contributed by atoms with E-state index < -0.39 is 0 Å². The molecule has 0 atom stereocenters. The van der Waals surface area contributed by atoms with Crippen LogP contribution in [0.3, 0.4) is 0 Å². The molecule has 6 heteroatoms. The lowest BCUT2D eigenvalue weighted by molar-refractivity contribution is -0.117. The van der Waals surface area contributed by atoms with Crippen molar-refractivity contribution in [2.45, 2.75) is 32.8 Å². The molecule has 0 aliphatic heterocycles. The van der Waals surface area contributed by atoms with Crippen LogP contribution < -0.4 is 16.2 Å². The van der Waals surface area contributed by atoms with E-state index >= 15 is 0 Å². The standard InChI is InChI=1S/C18H22N4O2/c1-12(2)24-15-6-3-13(4-7-15)11-14(5-8-16(19)23)17-18(20)22-10-9-21-17/h3-4,6-7,9-12H,5,8H2,1-2H3,(H2,19,23)(H2,20,22)/b14-11+. The largest absolute Gasteiger partial charge is 0.491 e. The number of nitrogens with zero attached hydrogens (tertiary/aromatic N) is 2. The SMILES string of the molecule is CC(C)Oc1ccc(/C=C(\CCC(N)=O)c2nccnc2N)cc1. The first-order valence-electron chi connectivity index (χ1n) is 7.78. The van der Waals surface area contributed by atoms with Gasteiger partial charge in [-0.2, -0.15) is 0 Å². The van der Waals surface area contributed by atoms with Gasteiger partial charge in [0.15, 0.2) is 0 Å². The van der Waals surface area contributed by atoms with Crippen molar-refractivity contribution in [2.75, 3.05) is 5.73 Å². The number of hydrogen-bond donors (Lipinski definition) is 2. The molecule has 126 valence electrons. The normalized spacial score (nSPS) is 11.5. The molecule has 4 N–H and O–H groups in total. The van der Waals surface area contributed by atoms with Gasteiger partial charge in [0.05, 0.1) is 6.10 Å². The zero-order valence-corrected chi connectivity index (χ0v) is 13.9. The molecule has 0 aliphatic carbocycles. The van der Waals surface area contributed by atoms with Crippen LogP contribution in [0, 0.1) is 0 Å². The van der Waals surface area contributed by atoms with Gasteiger partial charge < -0.3 is 16.2 Å². The van der Waals surface area contributed by atoms with Crippen molar-refractivity contribution in [3.8, 4) is 5.75 Å². The third kappa shape index (κ3) is 5.08. The van der Waals surface area contributed by atoms with Crippen LogP contribution in [0.1, 0.15) is 37.9 Å². The summed E-state index contributed by atoms with van der Waals surface area (Å²) in [4.78, 5) is 19.5. The van der Waals surface area contributed by atoms with Crippen molar-refractivity contribution in [3.63, 3.8) is 0 Å². The second-order valence-electron chi connectivity index (χ2n) is 5.66. The highest BCUT2D eigenvalue weighted by atomic mass is 16.5. The van der Waals surface area contributed by atoms with Crippen LogP contribution in [0.4, 0.5) is 5.82 Å². The molecule has 1 heterocycles. The molecule has 0 saturated heterocycles. The number of rotatable bonds is 7. The molecule has 24 heavy (non-hydrogen) atoms. The third-order valence-electron chi connectivity index (χ3n) is 3.26. The maximum Gasteiger partial charge on any atom is 0.217 e. The van der Waals surface area contributed by atoms with Crippen molar-refractivity contribution >= 4 is 23.4 Å². The number of primary amides is 1. The number of benzene rings is 1. The lowest BCUT2D eigenvalue weighted by atomic mass is 10.0. The minimum atomic E-state index is -0.371. The second-order valence-corrected chi connectivity index (χ2v) is 5.66. The minimum Gasteiger partial charge on any atom is -0.491 e. The molecule has 6 nitrogen and oxygen atoms in total. The quantitative estimate of drug-likeness (QED) is 0.814. The molecule has 1 aromatic carbocycles. The molecule has 0 saturated carbocycles. The summed E-state index contributed by atoms with van der Waals surface area (Å²) in [6, 6.07) is 7.68. The summed E-state index contributed by atoms with van der Waals surface area (Å²) in [6.07, 6.45) is 5.82. The van der Waals surface area contributed by atoms with Gasteiger partial charge in [-0.25, -0.2) is 4.98 Å². The van der Waals surface area contributed by atoms with Gasteiger partial charge >= 0.3 is 0 Å². The highest BCUT2D eigenvalue weighted by molar-refractivity contribution is 5.86. The van der Waals surface area contributed by atoms with Gasteiger partial charge in [-0.1, -0.05) is 12.1 Å². The fourth-order valence-corrected chi connectivity index (χ4v) is 2.23. The first kappa shape index (κ1) is 17.5. The predicted octanol–water partition coefficient (Wildman–Crippen LogP) is 2.65.